The summed E-state index contributed by atoms with van der Waals surface area (Å²) in [6.45, 7) is 0. The minimum absolute atomic E-state index is 0.0847. The van der Waals surface area contributed by atoms with Crippen molar-refractivity contribution in [3.05, 3.63) is 42.1 Å². The van der Waals surface area contributed by atoms with Gasteiger partial charge < -0.3 is 5.32 Å². The van der Waals surface area contributed by atoms with E-state index in [1.807, 2.05) is 30.3 Å². The van der Waals surface area contributed by atoms with E-state index in [1.165, 1.54) is 0 Å². The fraction of sp³-hybridized carbons (Fsp3) is 0.353. The zero-order valence-corrected chi connectivity index (χ0v) is 11.8. The maximum absolute atomic E-state index is 12.1. The zero-order chi connectivity index (χ0) is 14.7. The summed E-state index contributed by atoms with van der Waals surface area (Å²) in [6.07, 6.45) is 5.37. The van der Waals surface area contributed by atoms with Crippen LogP contribution in [0.2, 0.25) is 0 Å². The normalized spacial score (nSPS) is 18.7. The second kappa shape index (κ2) is 6.04. The lowest BCUT2D eigenvalue weighted by Gasteiger charge is -2.21. The van der Waals surface area contributed by atoms with Crippen molar-refractivity contribution in [1.82, 2.24) is 10.3 Å². The molecule has 21 heavy (non-hydrogen) atoms. The standard InChI is InChI=1S/C17H18N2O2/c20-16-6-2-1-5-15(16)19-17(21)11-12-7-8-14-13(10-12)4-3-9-18-14/h3-4,7-10,15H,1-2,5-6,11H2,(H,19,21). The molecular formula is C17H18N2O2. The van der Waals surface area contributed by atoms with Crippen molar-refractivity contribution in [2.45, 2.75) is 38.1 Å². The average Bonchev–Trinajstić information content (AvgIpc) is 2.49. The van der Waals surface area contributed by atoms with Gasteiger partial charge in [0, 0.05) is 18.0 Å². The van der Waals surface area contributed by atoms with Crippen molar-refractivity contribution in [1.29, 1.82) is 0 Å². The lowest BCUT2D eigenvalue weighted by atomic mass is 9.94. The molecule has 1 fully saturated rings. The minimum atomic E-state index is -0.284. The number of pyridine rings is 1. The number of carbonyl (C=O) groups excluding carboxylic acids is 2. The molecule has 108 valence electrons. The van der Waals surface area contributed by atoms with Gasteiger partial charge in [-0.05, 0) is 36.6 Å². The van der Waals surface area contributed by atoms with E-state index in [0.717, 1.165) is 35.7 Å². The quantitative estimate of drug-likeness (QED) is 0.940. The molecule has 0 aliphatic heterocycles. The molecule has 1 aliphatic rings. The molecule has 4 nitrogen and oxygen atoms in total. The predicted molar refractivity (Wildman–Crippen MR) is 80.9 cm³/mol. The first-order valence-electron chi connectivity index (χ1n) is 7.38. The number of fused-ring (bicyclic) bond motifs is 1. The molecule has 1 saturated carbocycles. The van der Waals surface area contributed by atoms with Crippen LogP contribution in [-0.2, 0) is 16.0 Å². The van der Waals surface area contributed by atoms with E-state index in [4.69, 9.17) is 0 Å². The molecule has 0 saturated heterocycles. The monoisotopic (exact) mass is 282 g/mol. The Bertz CT molecular complexity index is 681. The topological polar surface area (TPSA) is 59.1 Å². The molecule has 1 atom stereocenters. The summed E-state index contributed by atoms with van der Waals surface area (Å²) < 4.78 is 0. The molecule has 1 aromatic heterocycles. The Morgan fingerprint density at radius 1 is 1.29 bits per heavy atom. The Hall–Kier alpha value is -2.23. The number of Topliss-reactive ketones (excluding diaryl/α,β-unsaturated/α-hetero) is 1. The van der Waals surface area contributed by atoms with Crippen LogP contribution in [0.5, 0.6) is 0 Å². The van der Waals surface area contributed by atoms with Gasteiger partial charge in [-0.3, -0.25) is 14.6 Å². The van der Waals surface area contributed by atoms with E-state index in [1.54, 1.807) is 6.20 Å². The first kappa shape index (κ1) is 13.7. The molecule has 1 amide bonds. The van der Waals surface area contributed by atoms with Crippen LogP contribution in [0.15, 0.2) is 36.5 Å². The van der Waals surface area contributed by atoms with Crippen LogP contribution < -0.4 is 5.32 Å². The van der Waals surface area contributed by atoms with Crippen molar-refractivity contribution in [3.8, 4) is 0 Å². The Morgan fingerprint density at radius 2 is 2.19 bits per heavy atom. The van der Waals surface area contributed by atoms with Crippen molar-refractivity contribution in [2.24, 2.45) is 0 Å². The number of hydrogen-bond donors (Lipinski definition) is 1. The molecule has 1 heterocycles. The largest absolute Gasteiger partial charge is 0.346 e. The maximum Gasteiger partial charge on any atom is 0.224 e. The fourth-order valence-electron chi connectivity index (χ4n) is 2.80. The highest BCUT2D eigenvalue weighted by molar-refractivity contribution is 5.90. The van der Waals surface area contributed by atoms with Crippen LogP contribution in [0, 0.1) is 0 Å². The SMILES string of the molecule is O=C(Cc1ccc2ncccc2c1)NC1CCCCC1=O. The van der Waals surface area contributed by atoms with E-state index in [9.17, 15) is 9.59 Å². The molecule has 1 unspecified atom stereocenters. The van der Waals surface area contributed by atoms with Crippen LogP contribution in [0.3, 0.4) is 0 Å². The van der Waals surface area contributed by atoms with Crippen molar-refractivity contribution < 1.29 is 9.59 Å². The van der Waals surface area contributed by atoms with Gasteiger partial charge in [0.1, 0.15) is 0 Å². The first-order chi connectivity index (χ1) is 10.2. The molecule has 2 aromatic rings. The summed E-state index contributed by atoms with van der Waals surface area (Å²) in [5.74, 6) is 0.0794. The van der Waals surface area contributed by atoms with Gasteiger partial charge in [-0.25, -0.2) is 0 Å². The predicted octanol–water partition coefficient (Wildman–Crippen LogP) is 2.41. The van der Waals surface area contributed by atoms with Crippen molar-refractivity contribution in [2.75, 3.05) is 0 Å². The minimum Gasteiger partial charge on any atom is -0.346 e. The Morgan fingerprint density at radius 3 is 3.05 bits per heavy atom. The van der Waals surface area contributed by atoms with Gasteiger partial charge in [0.2, 0.25) is 5.91 Å². The van der Waals surface area contributed by atoms with Gasteiger partial charge in [-0.1, -0.05) is 18.6 Å². The highest BCUT2D eigenvalue weighted by atomic mass is 16.2. The fourth-order valence-corrected chi connectivity index (χ4v) is 2.80. The summed E-state index contributed by atoms with van der Waals surface area (Å²) in [6, 6.07) is 9.39. The second-order valence-corrected chi connectivity index (χ2v) is 5.54. The van der Waals surface area contributed by atoms with Gasteiger partial charge in [-0.2, -0.15) is 0 Å². The number of carbonyl (C=O) groups is 2. The molecule has 4 heteroatoms. The molecule has 3 rings (SSSR count). The van der Waals surface area contributed by atoms with Crippen LogP contribution >= 0.6 is 0 Å². The number of benzene rings is 1. The number of ketones is 1. The van der Waals surface area contributed by atoms with Crippen molar-refractivity contribution in [3.63, 3.8) is 0 Å². The molecule has 0 radical (unpaired) electrons. The van der Waals surface area contributed by atoms with Crippen molar-refractivity contribution >= 4 is 22.6 Å². The second-order valence-electron chi connectivity index (χ2n) is 5.54. The van der Waals surface area contributed by atoms with Crippen LogP contribution in [0.1, 0.15) is 31.2 Å². The number of rotatable bonds is 3. The van der Waals surface area contributed by atoms with Crippen LogP contribution in [-0.4, -0.2) is 22.7 Å². The molecule has 0 spiro atoms. The Labute approximate surface area is 123 Å². The third-order valence-electron chi connectivity index (χ3n) is 3.92. The molecular weight excluding hydrogens is 264 g/mol. The molecule has 1 aliphatic carbocycles. The van der Waals surface area contributed by atoms with Crippen LogP contribution in [0.25, 0.3) is 10.9 Å². The third kappa shape index (κ3) is 3.27. The molecule has 1 aromatic carbocycles. The number of hydrogen-bond acceptors (Lipinski definition) is 3. The summed E-state index contributed by atoms with van der Waals surface area (Å²) in [4.78, 5) is 28.1. The van der Waals surface area contributed by atoms with Gasteiger partial charge in [0.15, 0.2) is 5.78 Å². The average molecular weight is 282 g/mol. The van der Waals surface area contributed by atoms with E-state index in [2.05, 4.69) is 10.3 Å². The summed E-state index contributed by atoms with van der Waals surface area (Å²) in [7, 11) is 0. The van der Waals surface area contributed by atoms with Crippen LogP contribution in [0.4, 0.5) is 0 Å². The van der Waals surface area contributed by atoms with E-state index in [0.29, 0.717) is 12.8 Å². The highest BCUT2D eigenvalue weighted by Gasteiger charge is 2.23. The van der Waals surface area contributed by atoms with Gasteiger partial charge >= 0.3 is 0 Å². The lowest BCUT2D eigenvalue weighted by molar-refractivity contribution is -0.128. The molecule has 1 N–H and O–H groups in total. The zero-order valence-electron chi connectivity index (χ0n) is 11.8. The molecule has 0 bridgehead atoms. The van der Waals surface area contributed by atoms with Gasteiger partial charge in [0.05, 0.1) is 18.0 Å². The van der Waals surface area contributed by atoms with Gasteiger partial charge in [0.25, 0.3) is 0 Å². The summed E-state index contributed by atoms with van der Waals surface area (Å²) in [5.41, 5.74) is 1.86. The maximum atomic E-state index is 12.1. The smallest absolute Gasteiger partial charge is 0.224 e. The Kier molecular flexibility index (Phi) is 3.95. The highest BCUT2D eigenvalue weighted by Crippen LogP contribution is 2.16. The van der Waals surface area contributed by atoms with E-state index < -0.39 is 0 Å². The number of amides is 1. The van der Waals surface area contributed by atoms with E-state index in [-0.39, 0.29) is 17.7 Å². The van der Waals surface area contributed by atoms with E-state index >= 15 is 0 Å². The number of aromatic nitrogens is 1. The lowest BCUT2D eigenvalue weighted by Crippen LogP contribution is -2.43. The first-order valence-corrected chi connectivity index (χ1v) is 7.38. The third-order valence-corrected chi connectivity index (χ3v) is 3.92. The Balaban J connectivity index is 1.66. The number of nitrogens with zero attached hydrogens (tertiary/aromatic N) is 1. The van der Waals surface area contributed by atoms with Gasteiger partial charge in [-0.15, -0.1) is 0 Å². The number of nitrogens with one attached hydrogen (secondary N) is 1. The summed E-state index contributed by atoms with van der Waals surface area (Å²) >= 11 is 0. The summed E-state index contributed by atoms with van der Waals surface area (Å²) in [5, 5.41) is 3.89.